The number of aliphatic imine (C=N–C) groups is 1. The summed E-state index contributed by atoms with van der Waals surface area (Å²) in [7, 11) is 0. The fourth-order valence-corrected chi connectivity index (χ4v) is 4.01. The second-order valence-corrected chi connectivity index (χ2v) is 6.76. The van der Waals surface area contributed by atoms with Crippen molar-refractivity contribution in [2.75, 3.05) is 0 Å². The van der Waals surface area contributed by atoms with E-state index in [0.717, 1.165) is 16.0 Å². The lowest BCUT2D eigenvalue weighted by molar-refractivity contribution is 0.579. The number of fused-ring (bicyclic) bond motifs is 1. The van der Waals surface area contributed by atoms with Gasteiger partial charge in [0.15, 0.2) is 0 Å². The molecule has 2 aromatic carbocycles. The molecule has 1 atom stereocenters. The van der Waals surface area contributed by atoms with Crippen molar-refractivity contribution in [3.63, 3.8) is 0 Å². The molecule has 1 heterocycles. The molecule has 0 radical (unpaired) electrons. The van der Waals surface area contributed by atoms with Crippen LogP contribution in [0.2, 0.25) is 0 Å². The van der Waals surface area contributed by atoms with Crippen molar-refractivity contribution in [3.8, 4) is 0 Å². The average Bonchev–Trinajstić information content (AvgIpc) is 2.41. The van der Waals surface area contributed by atoms with Crippen molar-refractivity contribution in [1.29, 1.82) is 0 Å². The molecule has 0 bridgehead atoms. The number of hydrogen-bond acceptors (Lipinski definition) is 2. The number of nitrogens with zero attached hydrogens (tertiary/aromatic N) is 1. The lowest BCUT2D eigenvalue weighted by Crippen LogP contribution is -2.22. The molecule has 20 heavy (non-hydrogen) atoms. The smallest absolute Gasteiger partial charge is 0.137 e. The largest absolute Gasteiger partial charge is 0.250 e. The van der Waals surface area contributed by atoms with Crippen LogP contribution >= 0.6 is 23.4 Å². The highest BCUT2D eigenvalue weighted by Crippen LogP contribution is 2.48. The second kappa shape index (κ2) is 4.90. The van der Waals surface area contributed by atoms with E-state index >= 15 is 0 Å². The number of thioether (sulfide) groups is 1. The maximum atomic E-state index is 14.2. The molecule has 0 saturated carbocycles. The Hall–Kier alpha value is -1.32. The Morgan fingerprint density at radius 2 is 1.95 bits per heavy atom. The molecule has 0 spiro atoms. The third kappa shape index (κ3) is 2.25. The summed E-state index contributed by atoms with van der Waals surface area (Å²) >= 11 is 7.81. The first-order valence-corrected chi connectivity index (χ1v) is 7.49. The Balaban J connectivity index is 2.16. The maximum absolute atomic E-state index is 14.2. The minimum absolute atomic E-state index is 0.252. The van der Waals surface area contributed by atoms with Crippen LogP contribution in [0.3, 0.4) is 0 Å². The standard InChI is InChI=1S/C16H13ClFNS/c1-10-7-8-13(18)12(9-10)16(2)19-15(17)11-5-3-4-6-14(11)20-16/h3-9H,1-2H3. The molecule has 4 heteroatoms. The molecular formula is C16H13ClFNS. The van der Waals surface area contributed by atoms with Gasteiger partial charge in [-0.05, 0) is 32.0 Å². The summed E-state index contributed by atoms with van der Waals surface area (Å²) in [5.74, 6) is -0.252. The molecule has 3 rings (SSSR count). The third-order valence-corrected chi connectivity index (χ3v) is 4.92. The minimum atomic E-state index is -0.735. The van der Waals surface area contributed by atoms with E-state index in [0.29, 0.717) is 10.7 Å². The van der Waals surface area contributed by atoms with Crippen LogP contribution in [-0.2, 0) is 4.87 Å². The Bertz CT molecular complexity index is 713. The van der Waals surface area contributed by atoms with Crippen molar-refractivity contribution in [1.82, 2.24) is 0 Å². The van der Waals surface area contributed by atoms with E-state index in [9.17, 15) is 4.39 Å². The Labute approximate surface area is 126 Å². The van der Waals surface area contributed by atoms with Crippen molar-refractivity contribution in [2.24, 2.45) is 4.99 Å². The Morgan fingerprint density at radius 1 is 1.20 bits per heavy atom. The molecule has 1 aliphatic rings. The van der Waals surface area contributed by atoms with E-state index in [1.54, 1.807) is 6.07 Å². The van der Waals surface area contributed by atoms with Gasteiger partial charge in [-0.1, -0.05) is 53.2 Å². The van der Waals surface area contributed by atoms with Crippen LogP contribution in [0.5, 0.6) is 0 Å². The van der Waals surface area contributed by atoms with Gasteiger partial charge in [0.05, 0.1) is 0 Å². The normalized spacial score (nSPS) is 21.3. The van der Waals surface area contributed by atoms with Gasteiger partial charge in [0.1, 0.15) is 15.9 Å². The van der Waals surface area contributed by atoms with Crippen LogP contribution in [-0.4, -0.2) is 5.17 Å². The first-order chi connectivity index (χ1) is 9.49. The minimum Gasteiger partial charge on any atom is -0.250 e. The van der Waals surface area contributed by atoms with E-state index in [1.165, 1.54) is 17.8 Å². The zero-order valence-corrected chi connectivity index (χ0v) is 12.7. The maximum Gasteiger partial charge on any atom is 0.137 e. The highest BCUT2D eigenvalue weighted by Gasteiger charge is 2.35. The van der Waals surface area contributed by atoms with Gasteiger partial charge in [0.2, 0.25) is 0 Å². The van der Waals surface area contributed by atoms with E-state index in [2.05, 4.69) is 4.99 Å². The number of rotatable bonds is 1. The topological polar surface area (TPSA) is 12.4 Å². The van der Waals surface area contributed by atoms with Gasteiger partial charge >= 0.3 is 0 Å². The third-order valence-electron chi connectivity index (χ3n) is 3.35. The van der Waals surface area contributed by atoms with Crippen molar-refractivity contribution >= 4 is 28.5 Å². The summed E-state index contributed by atoms with van der Waals surface area (Å²) < 4.78 is 14.2. The summed E-state index contributed by atoms with van der Waals surface area (Å²) in [4.78, 5) is 4.82. The van der Waals surface area contributed by atoms with Gasteiger partial charge in [-0.2, -0.15) is 0 Å². The van der Waals surface area contributed by atoms with Crippen molar-refractivity contribution < 1.29 is 4.39 Å². The van der Waals surface area contributed by atoms with E-state index < -0.39 is 4.87 Å². The molecule has 0 saturated heterocycles. The fraction of sp³-hybridized carbons (Fsp3) is 0.188. The lowest BCUT2D eigenvalue weighted by atomic mass is 10.0. The molecular weight excluding hydrogens is 293 g/mol. The van der Waals surface area contributed by atoms with E-state index in [-0.39, 0.29) is 5.82 Å². The summed E-state index contributed by atoms with van der Waals surface area (Å²) in [6, 6.07) is 12.9. The molecule has 0 aromatic heterocycles. The zero-order chi connectivity index (χ0) is 14.3. The molecule has 1 nitrogen and oxygen atoms in total. The Morgan fingerprint density at radius 3 is 2.75 bits per heavy atom. The highest BCUT2D eigenvalue weighted by atomic mass is 35.5. The predicted octanol–water partition coefficient (Wildman–Crippen LogP) is 5.10. The van der Waals surface area contributed by atoms with Gasteiger partial charge in [-0.3, -0.25) is 0 Å². The molecule has 0 fully saturated rings. The van der Waals surface area contributed by atoms with Gasteiger partial charge < -0.3 is 0 Å². The van der Waals surface area contributed by atoms with Gasteiger partial charge in [-0.25, -0.2) is 9.38 Å². The lowest BCUT2D eigenvalue weighted by Gasteiger charge is -2.30. The Kier molecular flexibility index (Phi) is 3.35. The van der Waals surface area contributed by atoms with Crippen LogP contribution < -0.4 is 0 Å². The van der Waals surface area contributed by atoms with E-state index in [1.807, 2.05) is 44.2 Å². The summed E-state index contributed by atoms with van der Waals surface area (Å²) in [5, 5.41) is 0.433. The van der Waals surface area contributed by atoms with Crippen LogP contribution in [0.4, 0.5) is 4.39 Å². The zero-order valence-electron chi connectivity index (χ0n) is 11.2. The van der Waals surface area contributed by atoms with Gasteiger partial charge in [0, 0.05) is 16.0 Å². The number of aryl methyl sites for hydroxylation is 1. The fourth-order valence-electron chi connectivity index (χ4n) is 2.32. The second-order valence-electron chi connectivity index (χ2n) is 4.97. The molecule has 2 aromatic rings. The van der Waals surface area contributed by atoms with Crippen molar-refractivity contribution in [2.45, 2.75) is 23.6 Å². The molecule has 0 aliphatic carbocycles. The van der Waals surface area contributed by atoms with Crippen LogP contribution in [0.15, 0.2) is 52.4 Å². The first-order valence-electron chi connectivity index (χ1n) is 6.30. The van der Waals surface area contributed by atoms with Gasteiger partial charge in [-0.15, -0.1) is 0 Å². The summed E-state index contributed by atoms with van der Waals surface area (Å²) in [6.07, 6.45) is 0. The average molecular weight is 306 g/mol. The van der Waals surface area contributed by atoms with Crippen LogP contribution in [0, 0.1) is 12.7 Å². The molecule has 102 valence electrons. The number of hydrogen-bond donors (Lipinski definition) is 0. The monoisotopic (exact) mass is 305 g/mol. The summed E-state index contributed by atoms with van der Waals surface area (Å²) in [6.45, 7) is 3.84. The molecule has 0 amide bonds. The number of halogens is 2. The molecule has 1 unspecified atom stereocenters. The van der Waals surface area contributed by atoms with Gasteiger partial charge in [0.25, 0.3) is 0 Å². The van der Waals surface area contributed by atoms with Crippen molar-refractivity contribution in [3.05, 3.63) is 65.0 Å². The predicted molar refractivity (Wildman–Crippen MR) is 83.2 cm³/mol. The number of benzene rings is 2. The van der Waals surface area contributed by atoms with E-state index in [4.69, 9.17) is 11.6 Å². The quantitative estimate of drug-likeness (QED) is 0.714. The van der Waals surface area contributed by atoms with Crippen LogP contribution in [0.1, 0.15) is 23.6 Å². The molecule has 1 aliphatic heterocycles. The first kappa shape index (κ1) is 13.7. The highest BCUT2D eigenvalue weighted by molar-refractivity contribution is 8.00. The SMILES string of the molecule is Cc1ccc(F)c(C2(C)N=C(Cl)c3ccccc3S2)c1. The van der Waals surface area contributed by atoms with Crippen LogP contribution in [0.25, 0.3) is 0 Å². The molecule has 0 N–H and O–H groups in total. The summed E-state index contributed by atoms with van der Waals surface area (Å²) in [5.41, 5.74) is 2.48.